The normalized spacial score (nSPS) is 14.4. The molecule has 1 aliphatic rings. The van der Waals surface area contributed by atoms with Crippen molar-refractivity contribution >= 4 is 0 Å². The number of aryl methyl sites for hydroxylation is 1. The molecule has 3 rings (SSSR count). The van der Waals surface area contributed by atoms with Crippen LogP contribution in [0.1, 0.15) is 23.7 Å². The molecule has 22 heavy (non-hydrogen) atoms. The average Bonchev–Trinajstić information content (AvgIpc) is 2.96. The van der Waals surface area contributed by atoms with Crippen molar-refractivity contribution in [2.45, 2.75) is 32.9 Å². The van der Waals surface area contributed by atoms with Crippen LogP contribution in [0.25, 0.3) is 0 Å². The molecule has 0 amide bonds. The highest BCUT2D eigenvalue weighted by Gasteiger charge is 2.19. The van der Waals surface area contributed by atoms with Gasteiger partial charge >= 0.3 is 0 Å². The largest absolute Gasteiger partial charge is 0.454 e. The first-order valence-corrected chi connectivity index (χ1v) is 7.63. The molecule has 1 aliphatic heterocycles. The second kappa shape index (κ2) is 6.36. The van der Waals surface area contributed by atoms with E-state index in [1.54, 1.807) is 0 Å². The monoisotopic (exact) mass is 298 g/mol. The minimum absolute atomic E-state index is 0.318. The van der Waals surface area contributed by atoms with Crippen molar-refractivity contribution in [2.75, 3.05) is 13.8 Å². The van der Waals surface area contributed by atoms with E-state index in [9.17, 15) is 0 Å². The molecule has 0 radical (unpaired) electrons. The summed E-state index contributed by atoms with van der Waals surface area (Å²) in [5, 5.41) is 0. The minimum atomic E-state index is 0.318. The molecule has 0 bridgehead atoms. The van der Waals surface area contributed by atoms with Crippen LogP contribution in [0.2, 0.25) is 0 Å². The van der Waals surface area contributed by atoms with Crippen LogP contribution in [0.15, 0.2) is 36.5 Å². The predicted octanol–water partition coefficient (Wildman–Crippen LogP) is 3.18. The first-order chi connectivity index (χ1) is 10.6. The summed E-state index contributed by atoms with van der Waals surface area (Å²) < 4.78 is 11.0. The Morgan fingerprint density at radius 2 is 2.14 bits per heavy atom. The van der Waals surface area contributed by atoms with Gasteiger partial charge in [0.25, 0.3) is 0 Å². The third kappa shape index (κ3) is 3.22. The highest BCUT2D eigenvalue weighted by atomic mass is 16.7. The standard InChI is InChI=1S/C18H22N2O2/c1-13-7-8-19-16(9-13)10-14(2)20(3)11-15-5-4-6-17-18(15)22-12-21-17/h4-9,14H,10-12H2,1-3H3. The Kier molecular flexibility index (Phi) is 4.29. The molecule has 1 aromatic carbocycles. The van der Waals surface area contributed by atoms with Gasteiger partial charge in [0.05, 0.1) is 0 Å². The number of fused-ring (bicyclic) bond motifs is 1. The summed E-state index contributed by atoms with van der Waals surface area (Å²) in [6.07, 6.45) is 2.82. The highest BCUT2D eigenvalue weighted by Crippen LogP contribution is 2.35. The van der Waals surface area contributed by atoms with Crippen molar-refractivity contribution in [1.29, 1.82) is 0 Å². The smallest absolute Gasteiger partial charge is 0.231 e. The Balaban J connectivity index is 1.67. The molecule has 1 atom stereocenters. The predicted molar refractivity (Wildman–Crippen MR) is 86.2 cm³/mol. The summed E-state index contributed by atoms with van der Waals surface area (Å²) in [6.45, 7) is 5.48. The molecule has 1 unspecified atom stereocenters. The van der Waals surface area contributed by atoms with Gasteiger partial charge in [0, 0.05) is 36.5 Å². The Hall–Kier alpha value is -2.07. The van der Waals surface area contributed by atoms with Gasteiger partial charge in [-0.15, -0.1) is 0 Å². The van der Waals surface area contributed by atoms with Gasteiger partial charge in [-0.1, -0.05) is 12.1 Å². The maximum atomic E-state index is 5.58. The molecule has 116 valence electrons. The van der Waals surface area contributed by atoms with Crippen LogP contribution in [0, 0.1) is 6.92 Å². The summed E-state index contributed by atoms with van der Waals surface area (Å²) in [5.41, 5.74) is 3.56. The summed E-state index contributed by atoms with van der Waals surface area (Å²) in [5.74, 6) is 1.73. The molecule has 0 fully saturated rings. The molecule has 0 saturated carbocycles. The molecular weight excluding hydrogens is 276 g/mol. The van der Waals surface area contributed by atoms with E-state index in [-0.39, 0.29) is 0 Å². The number of aromatic nitrogens is 1. The van der Waals surface area contributed by atoms with Crippen molar-refractivity contribution in [3.8, 4) is 11.5 Å². The third-order valence-corrected chi connectivity index (χ3v) is 4.13. The van der Waals surface area contributed by atoms with Crippen molar-refractivity contribution < 1.29 is 9.47 Å². The first kappa shape index (κ1) is 14.9. The molecule has 0 spiro atoms. The summed E-state index contributed by atoms with van der Waals surface area (Å²) in [7, 11) is 2.13. The number of nitrogens with zero attached hydrogens (tertiary/aromatic N) is 2. The van der Waals surface area contributed by atoms with Crippen LogP contribution >= 0.6 is 0 Å². The molecule has 0 N–H and O–H groups in total. The number of hydrogen-bond acceptors (Lipinski definition) is 4. The number of rotatable bonds is 5. The molecule has 4 nitrogen and oxygen atoms in total. The Morgan fingerprint density at radius 3 is 2.95 bits per heavy atom. The van der Waals surface area contributed by atoms with E-state index in [2.05, 4.69) is 42.9 Å². The lowest BCUT2D eigenvalue weighted by atomic mass is 10.1. The summed E-state index contributed by atoms with van der Waals surface area (Å²) >= 11 is 0. The number of benzene rings is 1. The summed E-state index contributed by atoms with van der Waals surface area (Å²) in [4.78, 5) is 6.78. The zero-order valence-corrected chi connectivity index (χ0v) is 13.4. The molecule has 0 aliphatic carbocycles. The van der Waals surface area contributed by atoms with E-state index >= 15 is 0 Å². The van der Waals surface area contributed by atoms with Crippen LogP contribution in [-0.4, -0.2) is 29.8 Å². The number of pyridine rings is 1. The second-order valence-electron chi connectivity index (χ2n) is 5.94. The van der Waals surface area contributed by atoms with Crippen LogP contribution in [0.4, 0.5) is 0 Å². The number of para-hydroxylation sites is 1. The van der Waals surface area contributed by atoms with Crippen LogP contribution in [0.5, 0.6) is 11.5 Å². The molecule has 2 aromatic rings. The highest BCUT2D eigenvalue weighted by molar-refractivity contribution is 5.48. The topological polar surface area (TPSA) is 34.6 Å². The number of ether oxygens (including phenoxy) is 2. The maximum Gasteiger partial charge on any atom is 0.231 e. The van der Waals surface area contributed by atoms with Gasteiger partial charge < -0.3 is 9.47 Å². The van der Waals surface area contributed by atoms with Gasteiger partial charge in [-0.3, -0.25) is 9.88 Å². The van der Waals surface area contributed by atoms with E-state index in [0.29, 0.717) is 12.8 Å². The fourth-order valence-corrected chi connectivity index (χ4v) is 2.71. The molecular formula is C18H22N2O2. The average molecular weight is 298 g/mol. The third-order valence-electron chi connectivity index (χ3n) is 4.13. The maximum absolute atomic E-state index is 5.58. The zero-order valence-electron chi connectivity index (χ0n) is 13.4. The fraction of sp³-hybridized carbons (Fsp3) is 0.389. The van der Waals surface area contributed by atoms with Gasteiger partial charge in [0.2, 0.25) is 6.79 Å². The SMILES string of the molecule is Cc1ccnc(CC(C)N(C)Cc2cccc3c2OCO3)c1. The molecule has 1 aromatic heterocycles. The van der Waals surface area contributed by atoms with Gasteiger partial charge in [-0.2, -0.15) is 0 Å². The minimum Gasteiger partial charge on any atom is -0.454 e. The Morgan fingerprint density at radius 1 is 1.27 bits per heavy atom. The summed E-state index contributed by atoms with van der Waals surface area (Å²) in [6, 6.07) is 10.6. The van der Waals surface area contributed by atoms with Gasteiger partial charge in [0.15, 0.2) is 11.5 Å². The van der Waals surface area contributed by atoms with Gasteiger partial charge in [0.1, 0.15) is 0 Å². The van der Waals surface area contributed by atoms with Crippen molar-refractivity contribution in [3.05, 3.63) is 53.3 Å². The van der Waals surface area contributed by atoms with Gasteiger partial charge in [-0.25, -0.2) is 0 Å². The molecule has 4 heteroatoms. The molecule has 2 heterocycles. The van der Waals surface area contributed by atoms with Gasteiger partial charge in [-0.05, 0) is 44.7 Å². The van der Waals surface area contributed by atoms with Crippen molar-refractivity contribution in [2.24, 2.45) is 0 Å². The van der Waals surface area contributed by atoms with Crippen LogP contribution in [-0.2, 0) is 13.0 Å². The van der Waals surface area contributed by atoms with E-state index < -0.39 is 0 Å². The Bertz CT molecular complexity index is 657. The second-order valence-corrected chi connectivity index (χ2v) is 5.94. The van der Waals surface area contributed by atoms with Crippen LogP contribution in [0.3, 0.4) is 0 Å². The number of hydrogen-bond donors (Lipinski definition) is 0. The first-order valence-electron chi connectivity index (χ1n) is 7.63. The lowest BCUT2D eigenvalue weighted by Gasteiger charge is -2.25. The van der Waals surface area contributed by atoms with Crippen molar-refractivity contribution in [3.63, 3.8) is 0 Å². The van der Waals surface area contributed by atoms with E-state index in [0.717, 1.165) is 30.2 Å². The fourth-order valence-electron chi connectivity index (χ4n) is 2.71. The Labute approximate surface area is 131 Å². The lowest BCUT2D eigenvalue weighted by Crippen LogP contribution is -2.30. The van der Waals surface area contributed by atoms with E-state index in [4.69, 9.17) is 9.47 Å². The zero-order chi connectivity index (χ0) is 15.5. The quantitative estimate of drug-likeness (QED) is 0.849. The number of likely N-dealkylation sites (N-methyl/N-ethyl adjacent to an activating group) is 1. The van der Waals surface area contributed by atoms with E-state index in [1.807, 2.05) is 24.4 Å². The van der Waals surface area contributed by atoms with Crippen LogP contribution < -0.4 is 9.47 Å². The van der Waals surface area contributed by atoms with Crippen molar-refractivity contribution in [1.82, 2.24) is 9.88 Å². The van der Waals surface area contributed by atoms with E-state index in [1.165, 1.54) is 11.1 Å². The molecule has 0 saturated heterocycles. The lowest BCUT2D eigenvalue weighted by molar-refractivity contribution is 0.171.